The first-order valence-electron chi connectivity index (χ1n) is 6.32. The highest BCUT2D eigenvalue weighted by molar-refractivity contribution is 4.95. The topological polar surface area (TPSA) is 26.0 Å². The molecule has 0 aliphatic heterocycles. The lowest BCUT2D eigenvalue weighted by Gasteiger charge is -2.45. The fourth-order valence-electron chi connectivity index (χ4n) is 3.16. The molecule has 0 bridgehead atoms. The molecule has 14 heavy (non-hydrogen) atoms. The molecule has 2 N–H and O–H groups in total. The molecule has 0 aromatic rings. The molecule has 0 amide bonds. The average Bonchev–Trinajstić information content (AvgIpc) is 2.14. The van der Waals surface area contributed by atoms with E-state index in [0.29, 0.717) is 0 Å². The van der Waals surface area contributed by atoms with Gasteiger partial charge in [-0.25, -0.2) is 0 Å². The molecule has 1 rings (SSSR count). The summed E-state index contributed by atoms with van der Waals surface area (Å²) in [7, 11) is 0. The van der Waals surface area contributed by atoms with Gasteiger partial charge in [-0.2, -0.15) is 0 Å². The Labute approximate surface area is 89.5 Å². The van der Waals surface area contributed by atoms with Gasteiger partial charge in [0.1, 0.15) is 0 Å². The van der Waals surface area contributed by atoms with Crippen molar-refractivity contribution in [3.05, 3.63) is 0 Å². The van der Waals surface area contributed by atoms with E-state index in [2.05, 4.69) is 27.7 Å². The molecule has 0 aromatic heterocycles. The van der Waals surface area contributed by atoms with Crippen LogP contribution in [0.4, 0.5) is 0 Å². The molecule has 84 valence electrons. The Morgan fingerprint density at radius 2 is 1.79 bits per heavy atom. The Balaban J connectivity index is 2.65. The second-order valence-corrected chi connectivity index (χ2v) is 5.44. The molecule has 1 heteroatoms. The third-order valence-corrected chi connectivity index (χ3v) is 4.54. The Bertz CT molecular complexity index is 174. The summed E-state index contributed by atoms with van der Waals surface area (Å²) in [5, 5.41) is 0. The van der Waals surface area contributed by atoms with Crippen LogP contribution >= 0.6 is 0 Å². The van der Waals surface area contributed by atoms with E-state index in [-0.39, 0.29) is 5.54 Å². The highest BCUT2D eigenvalue weighted by Gasteiger charge is 2.38. The average molecular weight is 197 g/mol. The van der Waals surface area contributed by atoms with Gasteiger partial charge in [0.15, 0.2) is 0 Å². The number of nitrogens with two attached hydrogens (primary N) is 1. The summed E-state index contributed by atoms with van der Waals surface area (Å²) >= 11 is 0. The molecular formula is C13H27N. The second-order valence-electron chi connectivity index (χ2n) is 5.44. The minimum Gasteiger partial charge on any atom is -0.325 e. The molecule has 0 saturated heterocycles. The van der Waals surface area contributed by atoms with Crippen LogP contribution in [0.25, 0.3) is 0 Å². The monoisotopic (exact) mass is 197 g/mol. The first-order valence-corrected chi connectivity index (χ1v) is 6.32. The zero-order valence-corrected chi connectivity index (χ0v) is 10.3. The zero-order valence-electron chi connectivity index (χ0n) is 10.3. The highest BCUT2D eigenvalue weighted by Crippen LogP contribution is 2.40. The molecule has 3 unspecified atom stereocenters. The summed E-state index contributed by atoms with van der Waals surface area (Å²) in [6.45, 7) is 9.31. The van der Waals surface area contributed by atoms with E-state index in [1.165, 1.54) is 32.1 Å². The van der Waals surface area contributed by atoms with Gasteiger partial charge in [-0.1, -0.05) is 40.5 Å². The lowest BCUT2D eigenvalue weighted by Crippen LogP contribution is -2.51. The Hall–Kier alpha value is -0.0400. The van der Waals surface area contributed by atoms with E-state index in [4.69, 9.17) is 5.73 Å². The van der Waals surface area contributed by atoms with Gasteiger partial charge in [-0.05, 0) is 37.0 Å². The van der Waals surface area contributed by atoms with Crippen molar-refractivity contribution in [1.29, 1.82) is 0 Å². The van der Waals surface area contributed by atoms with Crippen LogP contribution in [0, 0.1) is 17.8 Å². The Morgan fingerprint density at radius 3 is 2.21 bits per heavy atom. The van der Waals surface area contributed by atoms with E-state index in [1.54, 1.807) is 0 Å². The molecule has 1 fully saturated rings. The van der Waals surface area contributed by atoms with Gasteiger partial charge in [0.25, 0.3) is 0 Å². The molecule has 1 aliphatic rings. The van der Waals surface area contributed by atoms with Crippen molar-refractivity contribution in [1.82, 2.24) is 0 Å². The fourth-order valence-corrected chi connectivity index (χ4v) is 3.16. The molecule has 0 spiro atoms. The van der Waals surface area contributed by atoms with Crippen LogP contribution in [0.2, 0.25) is 0 Å². The fraction of sp³-hybridized carbons (Fsp3) is 1.00. The third kappa shape index (κ3) is 2.31. The van der Waals surface area contributed by atoms with E-state index in [1.807, 2.05) is 0 Å². The van der Waals surface area contributed by atoms with E-state index < -0.39 is 0 Å². The predicted octanol–water partition coefficient (Wildman–Crippen LogP) is 3.58. The maximum atomic E-state index is 6.58. The summed E-state index contributed by atoms with van der Waals surface area (Å²) in [5.41, 5.74) is 6.73. The molecule has 3 atom stereocenters. The van der Waals surface area contributed by atoms with Gasteiger partial charge >= 0.3 is 0 Å². The van der Waals surface area contributed by atoms with Crippen molar-refractivity contribution in [2.24, 2.45) is 23.5 Å². The lowest BCUT2D eigenvalue weighted by atomic mass is 9.65. The second kappa shape index (κ2) is 4.65. The minimum absolute atomic E-state index is 0.148. The quantitative estimate of drug-likeness (QED) is 0.735. The molecule has 0 heterocycles. The maximum Gasteiger partial charge on any atom is 0.0185 e. The Kier molecular flexibility index (Phi) is 4.00. The van der Waals surface area contributed by atoms with Gasteiger partial charge < -0.3 is 5.73 Å². The van der Waals surface area contributed by atoms with Crippen molar-refractivity contribution in [3.63, 3.8) is 0 Å². The molecule has 0 radical (unpaired) electrons. The van der Waals surface area contributed by atoms with Gasteiger partial charge in [-0.15, -0.1) is 0 Å². The van der Waals surface area contributed by atoms with Crippen LogP contribution in [-0.2, 0) is 0 Å². The maximum absolute atomic E-state index is 6.58. The van der Waals surface area contributed by atoms with Gasteiger partial charge in [0, 0.05) is 5.54 Å². The molecule has 1 saturated carbocycles. The van der Waals surface area contributed by atoms with Crippen molar-refractivity contribution < 1.29 is 0 Å². The zero-order chi connectivity index (χ0) is 10.8. The predicted molar refractivity (Wildman–Crippen MR) is 63.2 cm³/mol. The number of hydrogen-bond acceptors (Lipinski definition) is 1. The van der Waals surface area contributed by atoms with Gasteiger partial charge in [-0.3, -0.25) is 0 Å². The van der Waals surface area contributed by atoms with E-state index >= 15 is 0 Å². The summed E-state index contributed by atoms with van der Waals surface area (Å²) in [4.78, 5) is 0. The van der Waals surface area contributed by atoms with E-state index in [9.17, 15) is 0 Å². The number of hydrogen-bond donors (Lipinski definition) is 1. The SMILES string of the molecule is CCC(CC)C1(N)CCC(C)C(C)C1. The first-order chi connectivity index (χ1) is 6.53. The molecule has 0 aromatic carbocycles. The van der Waals surface area contributed by atoms with Crippen LogP contribution in [0.5, 0.6) is 0 Å². The molecule has 1 nitrogen and oxygen atoms in total. The molecular weight excluding hydrogens is 170 g/mol. The third-order valence-electron chi connectivity index (χ3n) is 4.54. The van der Waals surface area contributed by atoms with Crippen LogP contribution in [0.3, 0.4) is 0 Å². The van der Waals surface area contributed by atoms with Gasteiger partial charge in [0.2, 0.25) is 0 Å². The van der Waals surface area contributed by atoms with Crippen LogP contribution in [0.1, 0.15) is 59.8 Å². The van der Waals surface area contributed by atoms with Crippen molar-refractivity contribution in [2.45, 2.75) is 65.3 Å². The lowest BCUT2D eigenvalue weighted by molar-refractivity contribution is 0.115. The largest absolute Gasteiger partial charge is 0.325 e. The summed E-state index contributed by atoms with van der Waals surface area (Å²) in [6.07, 6.45) is 6.29. The van der Waals surface area contributed by atoms with E-state index in [0.717, 1.165) is 17.8 Å². The molecule has 1 aliphatic carbocycles. The summed E-state index contributed by atoms with van der Waals surface area (Å²) in [6, 6.07) is 0. The Morgan fingerprint density at radius 1 is 1.21 bits per heavy atom. The van der Waals surface area contributed by atoms with Gasteiger partial charge in [0.05, 0.1) is 0 Å². The first kappa shape index (κ1) is 12.0. The van der Waals surface area contributed by atoms with Crippen molar-refractivity contribution in [3.8, 4) is 0 Å². The van der Waals surface area contributed by atoms with Crippen LogP contribution < -0.4 is 5.73 Å². The highest BCUT2D eigenvalue weighted by atomic mass is 14.8. The minimum atomic E-state index is 0.148. The van der Waals surface area contributed by atoms with Crippen LogP contribution in [-0.4, -0.2) is 5.54 Å². The smallest absolute Gasteiger partial charge is 0.0185 e. The van der Waals surface area contributed by atoms with Crippen LogP contribution in [0.15, 0.2) is 0 Å². The van der Waals surface area contributed by atoms with Crippen molar-refractivity contribution >= 4 is 0 Å². The summed E-state index contributed by atoms with van der Waals surface area (Å²) in [5.74, 6) is 2.42. The standard InChI is InChI=1S/C13H27N/c1-5-12(6-2)13(14)8-7-10(3)11(4)9-13/h10-12H,5-9,14H2,1-4H3. The summed E-state index contributed by atoms with van der Waals surface area (Å²) < 4.78 is 0. The van der Waals surface area contributed by atoms with Crippen molar-refractivity contribution in [2.75, 3.05) is 0 Å². The number of rotatable bonds is 3. The normalized spacial score (nSPS) is 39.0.